The Kier molecular flexibility index (Phi) is 6.25. The number of carbonyl (C=O) groups excluding carboxylic acids is 2. The van der Waals surface area contributed by atoms with Crippen LogP contribution in [-0.4, -0.2) is 16.8 Å². The van der Waals surface area contributed by atoms with E-state index < -0.39 is 0 Å². The van der Waals surface area contributed by atoms with Crippen LogP contribution in [0, 0.1) is 35.5 Å². The van der Waals surface area contributed by atoms with Crippen LogP contribution in [0.25, 0.3) is 22.0 Å². The van der Waals surface area contributed by atoms with Gasteiger partial charge in [0.2, 0.25) is 11.8 Å². The molecule has 0 atom stereocenters. The van der Waals surface area contributed by atoms with E-state index >= 15 is 0 Å². The molecule has 8 rings (SSSR count). The first kappa shape index (κ1) is 24.0. The molecule has 2 aromatic carbocycles. The van der Waals surface area contributed by atoms with Gasteiger partial charge in [-0.2, -0.15) is 0 Å². The monoisotopic (exact) mass is 509 g/mol. The first-order valence-corrected chi connectivity index (χ1v) is 14.9. The fourth-order valence-corrected chi connectivity index (χ4v) is 8.54. The molecule has 2 amide bonds. The highest BCUT2D eigenvalue weighted by Gasteiger charge is 2.50. The molecule has 5 saturated carbocycles. The average Bonchev–Trinajstić information content (AvgIpc) is 3.12. The first-order valence-electron chi connectivity index (χ1n) is 14.9. The van der Waals surface area contributed by atoms with E-state index in [9.17, 15) is 9.59 Å². The van der Waals surface area contributed by atoms with Gasteiger partial charge in [0.05, 0.1) is 0 Å². The molecule has 5 fully saturated rings. The number of hydrogen-bond acceptors (Lipinski definition) is 2. The number of nitrogens with one attached hydrogen (secondary N) is 3. The fourth-order valence-electron chi connectivity index (χ4n) is 8.54. The van der Waals surface area contributed by atoms with Gasteiger partial charge in [-0.3, -0.25) is 9.59 Å². The number of aromatic nitrogens is 1. The molecule has 3 aromatic rings. The van der Waals surface area contributed by atoms with Gasteiger partial charge in [0, 0.05) is 45.9 Å². The highest BCUT2D eigenvalue weighted by Crippen LogP contribution is 2.56. The third kappa shape index (κ3) is 4.54. The minimum Gasteiger partial charge on any atom is -0.361 e. The molecule has 4 bridgehead atoms. The molecule has 38 heavy (non-hydrogen) atoms. The smallest absolute Gasteiger partial charge is 0.228 e. The quantitative estimate of drug-likeness (QED) is 0.308. The molecular weight excluding hydrogens is 470 g/mol. The number of aromatic amines is 1. The van der Waals surface area contributed by atoms with Crippen LogP contribution >= 0.6 is 0 Å². The number of rotatable bonds is 5. The van der Waals surface area contributed by atoms with Crippen molar-refractivity contribution in [3.05, 3.63) is 48.7 Å². The van der Waals surface area contributed by atoms with Gasteiger partial charge < -0.3 is 15.6 Å². The lowest BCUT2D eigenvalue weighted by Gasteiger charge is -2.53. The van der Waals surface area contributed by atoms with Gasteiger partial charge in [0.15, 0.2) is 0 Å². The van der Waals surface area contributed by atoms with Crippen molar-refractivity contribution in [2.75, 3.05) is 10.6 Å². The van der Waals surface area contributed by atoms with Gasteiger partial charge in [0.1, 0.15) is 0 Å². The predicted molar refractivity (Wildman–Crippen MR) is 153 cm³/mol. The highest BCUT2D eigenvalue weighted by atomic mass is 16.2. The molecule has 198 valence electrons. The van der Waals surface area contributed by atoms with Gasteiger partial charge in [-0.15, -0.1) is 0 Å². The van der Waals surface area contributed by atoms with E-state index in [0.29, 0.717) is 11.8 Å². The molecule has 0 radical (unpaired) electrons. The molecule has 0 saturated heterocycles. The second-order valence-electron chi connectivity index (χ2n) is 12.7. The molecule has 1 heterocycles. The third-order valence-electron chi connectivity index (χ3n) is 10.2. The zero-order chi connectivity index (χ0) is 25.6. The normalized spacial score (nSPS) is 28.8. The van der Waals surface area contributed by atoms with Crippen LogP contribution in [0.15, 0.2) is 48.7 Å². The molecule has 3 N–H and O–H groups in total. The summed E-state index contributed by atoms with van der Waals surface area (Å²) in [5, 5.41) is 7.54. The lowest BCUT2D eigenvalue weighted by Crippen LogP contribution is -2.49. The largest absolute Gasteiger partial charge is 0.361 e. The van der Waals surface area contributed by atoms with Crippen LogP contribution in [0.1, 0.15) is 70.6 Å². The molecule has 0 unspecified atom stereocenters. The number of benzene rings is 2. The van der Waals surface area contributed by atoms with Crippen molar-refractivity contribution < 1.29 is 9.59 Å². The number of H-pyrrole nitrogens is 1. The maximum atomic E-state index is 13.4. The lowest BCUT2D eigenvalue weighted by atomic mass is 9.51. The Morgan fingerprint density at radius 2 is 1.34 bits per heavy atom. The maximum absolute atomic E-state index is 13.4. The van der Waals surface area contributed by atoms with Crippen molar-refractivity contribution in [3.63, 3.8) is 0 Å². The summed E-state index contributed by atoms with van der Waals surface area (Å²) < 4.78 is 0. The van der Waals surface area contributed by atoms with E-state index in [-0.39, 0.29) is 23.7 Å². The van der Waals surface area contributed by atoms with Gasteiger partial charge in [-0.1, -0.05) is 37.8 Å². The number of hydrogen-bond donors (Lipinski definition) is 3. The van der Waals surface area contributed by atoms with Crippen LogP contribution in [0.5, 0.6) is 0 Å². The van der Waals surface area contributed by atoms with Gasteiger partial charge >= 0.3 is 0 Å². The lowest BCUT2D eigenvalue weighted by molar-refractivity contribution is -0.132. The Morgan fingerprint density at radius 3 is 2.03 bits per heavy atom. The Hall–Kier alpha value is -3.08. The van der Waals surface area contributed by atoms with E-state index in [1.54, 1.807) is 0 Å². The van der Waals surface area contributed by atoms with E-state index in [1.807, 2.05) is 24.4 Å². The third-order valence-corrected chi connectivity index (χ3v) is 10.2. The van der Waals surface area contributed by atoms with E-state index in [2.05, 4.69) is 39.9 Å². The van der Waals surface area contributed by atoms with Crippen LogP contribution in [0.3, 0.4) is 0 Å². The van der Waals surface area contributed by atoms with Crippen LogP contribution in [-0.2, 0) is 9.59 Å². The van der Waals surface area contributed by atoms with Gasteiger partial charge in [-0.05, 0) is 105 Å². The second-order valence-corrected chi connectivity index (χ2v) is 12.7. The summed E-state index contributed by atoms with van der Waals surface area (Å²) in [7, 11) is 0. The molecule has 5 aliphatic rings. The van der Waals surface area contributed by atoms with Gasteiger partial charge in [0.25, 0.3) is 0 Å². The number of anilines is 2. The summed E-state index contributed by atoms with van der Waals surface area (Å²) in [6.45, 7) is 0. The molecule has 5 heteroatoms. The average molecular weight is 510 g/mol. The molecule has 1 aromatic heterocycles. The Morgan fingerprint density at radius 1 is 0.711 bits per heavy atom. The fraction of sp³-hybridized carbons (Fsp3) is 0.515. The van der Waals surface area contributed by atoms with Crippen LogP contribution in [0.2, 0.25) is 0 Å². The van der Waals surface area contributed by atoms with Crippen molar-refractivity contribution in [1.82, 2.24) is 4.98 Å². The standard InChI is InChI=1S/C33H39N3O2/c37-32(23-5-3-1-2-4-6-23)35-26-9-7-22(8-10-26)29-19-34-30-12-11-27(18-28(29)30)36-33(38)31-24-14-20-13-21(16-24)17-25(31)15-20/h7-12,18-21,23-25,31,34H,1-6,13-17H2,(H,35,37)(H,36,38). The zero-order valence-electron chi connectivity index (χ0n) is 22.2. The second kappa shape index (κ2) is 9.91. The molecular formula is C33H39N3O2. The highest BCUT2D eigenvalue weighted by molar-refractivity contribution is 6.01. The Bertz CT molecular complexity index is 1300. The van der Waals surface area contributed by atoms with Crippen molar-refractivity contribution in [1.29, 1.82) is 0 Å². The molecule has 5 aliphatic carbocycles. The SMILES string of the molecule is O=C(Nc1ccc(-c2c[nH]c3ccc(NC(=O)C4C5CC6CC(C5)CC4C6)cc23)cc1)C1CCCCCC1. The summed E-state index contributed by atoms with van der Waals surface area (Å²) in [5.74, 6) is 3.62. The number of carbonyl (C=O) groups is 2. The number of fused-ring (bicyclic) bond motifs is 1. The molecule has 0 aliphatic heterocycles. The van der Waals surface area contributed by atoms with E-state index in [1.165, 1.54) is 44.9 Å². The summed E-state index contributed by atoms with van der Waals surface area (Å²) in [6.07, 6.45) is 15.3. The summed E-state index contributed by atoms with van der Waals surface area (Å²) >= 11 is 0. The summed E-state index contributed by atoms with van der Waals surface area (Å²) in [6, 6.07) is 14.3. The summed E-state index contributed by atoms with van der Waals surface area (Å²) in [4.78, 5) is 29.6. The van der Waals surface area contributed by atoms with Crippen LogP contribution in [0.4, 0.5) is 11.4 Å². The van der Waals surface area contributed by atoms with E-state index in [4.69, 9.17) is 0 Å². The van der Waals surface area contributed by atoms with Crippen molar-refractivity contribution in [2.24, 2.45) is 35.5 Å². The van der Waals surface area contributed by atoms with Crippen molar-refractivity contribution in [2.45, 2.75) is 70.6 Å². The van der Waals surface area contributed by atoms with Gasteiger partial charge in [-0.25, -0.2) is 0 Å². The molecule has 0 spiro atoms. The summed E-state index contributed by atoms with van der Waals surface area (Å²) in [5.41, 5.74) is 4.98. The maximum Gasteiger partial charge on any atom is 0.228 e. The Balaban J connectivity index is 1.06. The predicted octanol–water partition coefficient (Wildman–Crippen LogP) is 7.75. The van der Waals surface area contributed by atoms with Crippen molar-refractivity contribution >= 4 is 34.1 Å². The molecule has 5 nitrogen and oxygen atoms in total. The Labute approximate surface area is 225 Å². The first-order chi connectivity index (χ1) is 18.6. The topological polar surface area (TPSA) is 74.0 Å². The minimum absolute atomic E-state index is 0.137. The minimum atomic E-state index is 0.137. The van der Waals surface area contributed by atoms with E-state index in [0.717, 1.165) is 70.9 Å². The number of amides is 2. The van der Waals surface area contributed by atoms with Crippen molar-refractivity contribution in [3.8, 4) is 11.1 Å². The van der Waals surface area contributed by atoms with Crippen LogP contribution < -0.4 is 10.6 Å². The zero-order valence-corrected chi connectivity index (χ0v) is 22.2.